The fourth-order valence-electron chi connectivity index (χ4n) is 6.53. The van der Waals surface area contributed by atoms with E-state index >= 15 is 0 Å². The Labute approximate surface area is 248 Å². The molecule has 2 aliphatic heterocycles. The maximum atomic E-state index is 14.2. The van der Waals surface area contributed by atoms with Crippen LogP contribution in [-0.2, 0) is 4.79 Å². The van der Waals surface area contributed by atoms with E-state index in [1.807, 2.05) is 48.5 Å². The molecule has 0 saturated carbocycles. The van der Waals surface area contributed by atoms with Gasteiger partial charge in [-0.15, -0.1) is 0 Å². The quantitative estimate of drug-likeness (QED) is 0.285. The van der Waals surface area contributed by atoms with Gasteiger partial charge in [0.2, 0.25) is 5.91 Å². The molecule has 6 rings (SSSR count). The number of nitrogens with zero attached hydrogens (tertiary/aromatic N) is 1. The van der Waals surface area contributed by atoms with Gasteiger partial charge in [-0.1, -0.05) is 91.0 Å². The van der Waals surface area contributed by atoms with Crippen LogP contribution < -0.4 is 16.0 Å². The second-order valence-electron chi connectivity index (χ2n) is 11.6. The second kappa shape index (κ2) is 13.3. The summed E-state index contributed by atoms with van der Waals surface area (Å²) in [7, 11) is 0. The smallest absolute Gasteiger partial charge is 0.251 e. The van der Waals surface area contributed by atoms with Crippen molar-refractivity contribution in [3.63, 3.8) is 0 Å². The van der Waals surface area contributed by atoms with E-state index in [2.05, 4.69) is 75.4 Å². The van der Waals surface area contributed by atoms with Gasteiger partial charge in [0.1, 0.15) is 0 Å². The molecule has 4 aromatic rings. The van der Waals surface area contributed by atoms with E-state index in [1.165, 1.54) is 11.1 Å². The Bertz CT molecular complexity index is 1450. The molecule has 2 atom stereocenters. The molecule has 0 radical (unpaired) electrons. The predicted octanol–water partition coefficient (Wildman–Crippen LogP) is 4.96. The summed E-state index contributed by atoms with van der Waals surface area (Å²) < 4.78 is 0. The van der Waals surface area contributed by atoms with Crippen LogP contribution in [0.2, 0.25) is 0 Å². The first kappa shape index (κ1) is 28.1. The van der Waals surface area contributed by atoms with Crippen molar-refractivity contribution < 1.29 is 9.59 Å². The van der Waals surface area contributed by atoms with Gasteiger partial charge in [0.15, 0.2) is 0 Å². The summed E-state index contributed by atoms with van der Waals surface area (Å²) in [5, 5.41) is 12.5. The summed E-state index contributed by atoms with van der Waals surface area (Å²) in [6.45, 7) is 3.62. The van der Waals surface area contributed by atoms with Crippen molar-refractivity contribution in [3.05, 3.63) is 120 Å². The third-order valence-electron chi connectivity index (χ3n) is 8.92. The average Bonchev–Trinajstić information content (AvgIpc) is 3.21. The molecule has 2 aliphatic rings. The molecule has 2 saturated heterocycles. The minimum absolute atomic E-state index is 0.00939. The first-order valence-corrected chi connectivity index (χ1v) is 15.3. The first-order chi connectivity index (χ1) is 20.7. The molecule has 216 valence electrons. The number of fused-ring (bicyclic) bond motifs is 1. The lowest BCUT2D eigenvalue weighted by atomic mass is 9.88. The van der Waals surface area contributed by atoms with Crippen LogP contribution in [0.4, 0.5) is 0 Å². The van der Waals surface area contributed by atoms with E-state index in [0.29, 0.717) is 25.2 Å². The Kier molecular flexibility index (Phi) is 8.92. The van der Waals surface area contributed by atoms with Crippen molar-refractivity contribution in [1.29, 1.82) is 0 Å². The standard InChI is InChI=1S/C36H40N4O2/c41-35(31-16-15-26-9-7-8-14-30(26)23-31)38-24-32-19-22-40(36(42)34(39-32)29-17-20-37-21-18-29)25-33(27-10-3-1-4-11-27)28-12-5-2-6-13-28/h1-16,23,29,32-34,37,39H,17-22,24-25H2,(H,38,41). The monoisotopic (exact) mass is 560 g/mol. The van der Waals surface area contributed by atoms with Crippen molar-refractivity contribution in [2.45, 2.75) is 37.3 Å². The summed E-state index contributed by atoms with van der Waals surface area (Å²) in [5.74, 6) is 0.461. The van der Waals surface area contributed by atoms with Crippen molar-refractivity contribution >= 4 is 22.6 Å². The molecular weight excluding hydrogens is 520 g/mol. The second-order valence-corrected chi connectivity index (χ2v) is 11.6. The highest BCUT2D eigenvalue weighted by Gasteiger charge is 2.37. The molecule has 3 N–H and O–H groups in total. The van der Waals surface area contributed by atoms with Crippen molar-refractivity contribution in [2.75, 3.05) is 32.7 Å². The average molecular weight is 561 g/mol. The van der Waals surface area contributed by atoms with Crippen LogP contribution in [0.15, 0.2) is 103 Å². The molecule has 2 unspecified atom stereocenters. The van der Waals surface area contributed by atoms with Gasteiger partial charge >= 0.3 is 0 Å². The third-order valence-corrected chi connectivity index (χ3v) is 8.92. The SMILES string of the molecule is O=C(NCC1CCN(CC(c2ccccc2)c2ccccc2)C(=O)C(C2CCNCC2)N1)c1ccc2ccccc2c1. The Morgan fingerprint density at radius 3 is 2.14 bits per heavy atom. The Morgan fingerprint density at radius 1 is 0.810 bits per heavy atom. The van der Waals surface area contributed by atoms with Crippen LogP contribution in [0.1, 0.15) is 46.7 Å². The minimum atomic E-state index is -0.260. The van der Waals surface area contributed by atoms with Gasteiger partial charge in [0.05, 0.1) is 6.04 Å². The molecule has 4 aromatic carbocycles. The van der Waals surface area contributed by atoms with E-state index in [-0.39, 0.29) is 35.7 Å². The largest absolute Gasteiger partial charge is 0.350 e. The van der Waals surface area contributed by atoms with Crippen molar-refractivity contribution in [1.82, 2.24) is 20.9 Å². The van der Waals surface area contributed by atoms with Gasteiger partial charge < -0.3 is 20.9 Å². The topological polar surface area (TPSA) is 73.5 Å². The van der Waals surface area contributed by atoms with Crippen LogP contribution in [0, 0.1) is 5.92 Å². The lowest BCUT2D eigenvalue weighted by molar-refractivity contribution is -0.134. The molecule has 6 nitrogen and oxygen atoms in total. The van der Waals surface area contributed by atoms with Gasteiger partial charge in [-0.25, -0.2) is 0 Å². The number of benzene rings is 4. The zero-order chi connectivity index (χ0) is 28.7. The Balaban J connectivity index is 1.20. The number of hydrogen-bond acceptors (Lipinski definition) is 4. The van der Waals surface area contributed by atoms with Crippen LogP contribution in [0.3, 0.4) is 0 Å². The molecule has 2 heterocycles. The summed E-state index contributed by atoms with van der Waals surface area (Å²) in [6.07, 6.45) is 2.71. The molecule has 2 amide bonds. The summed E-state index contributed by atoms with van der Waals surface area (Å²) >= 11 is 0. The number of carbonyl (C=O) groups is 2. The number of rotatable bonds is 8. The maximum Gasteiger partial charge on any atom is 0.251 e. The normalized spacial score (nSPS) is 20.0. The van der Waals surface area contributed by atoms with E-state index in [0.717, 1.165) is 43.1 Å². The lowest BCUT2D eigenvalue weighted by Crippen LogP contribution is -2.54. The fourth-order valence-corrected chi connectivity index (χ4v) is 6.53. The number of carbonyl (C=O) groups excluding carboxylic acids is 2. The molecule has 2 fully saturated rings. The zero-order valence-corrected chi connectivity index (χ0v) is 24.0. The van der Waals surface area contributed by atoms with Gasteiger partial charge in [-0.05, 0) is 72.3 Å². The maximum absolute atomic E-state index is 14.2. The van der Waals surface area contributed by atoms with E-state index in [4.69, 9.17) is 0 Å². The number of hydrogen-bond donors (Lipinski definition) is 3. The van der Waals surface area contributed by atoms with Crippen LogP contribution in [-0.4, -0.2) is 61.5 Å². The van der Waals surface area contributed by atoms with E-state index < -0.39 is 0 Å². The van der Waals surface area contributed by atoms with Gasteiger partial charge in [-0.3, -0.25) is 9.59 Å². The van der Waals surface area contributed by atoms with E-state index in [9.17, 15) is 9.59 Å². The fraction of sp³-hybridized carbons (Fsp3) is 0.333. The summed E-state index contributed by atoms with van der Waals surface area (Å²) in [6, 6.07) is 34.7. The molecule has 42 heavy (non-hydrogen) atoms. The first-order valence-electron chi connectivity index (χ1n) is 15.3. The molecular formula is C36H40N4O2. The summed E-state index contributed by atoms with van der Waals surface area (Å²) in [4.78, 5) is 29.5. The van der Waals surface area contributed by atoms with Crippen LogP contribution in [0.25, 0.3) is 10.8 Å². The highest BCUT2D eigenvalue weighted by Crippen LogP contribution is 2.28. The van der Waals surface area contributed by atoms with Crippen molar-refractivity contribution in [3.8, 4) is 0 Å². The Hall–Kier alpha value is -4.00. The zero-order valence-electron chi connectivity index (χ0n) is 24.0. The van der Waals surface area contributed by atoms with Crippen LogP contribution >= 0.6 is 0 Å². The molecule has 0 aromatic heterocycles. The summed E-state index contributed by atoms with van der Waals surface area (Å²) in [5.41, 5.74) is 3.08. The molecule has 0 aliphatic carbocycles. The number of nitrogens with one attached hydrogen (secondary N) is 3. The Morgan fingerprint density at radius 2 is 1.45 bits per heavy atom. The van der Waals surface area contributed by atoms with Crippen LogP contribution in [0.5, 0.6) is 0 Å². The highest BCUT2D eigenvalue weighted by molar-refractivity contribution is 5.98. The number of piperidine rings is 1. The third kappa shape index (κ3) is 6.56. The van der Waals surface area contributed by atoms with Gasteiger partial charge in [0.25, 0.3) is 5.91 Å². The van der Waals surface area contributed by atoms with Gasteiger partial charge in [-0.2, -0.15) is 0 Å². The predicted molar refractivity (Wildman–Crippen MR) is 169 cm³/mol. The highest BCUT2D eigenvalue weighted by atomic mass is 16.2. The molecule has 0 bridgehead atoms. The lowest BCUT2D eigenvalue weighted by Gasteiger charge is -2.34. The molecule has 0 spiro atoms. The van der Waals surface area contributed by atoms with E-state index in [1.54, 1.807) is 0 Å². The minimum Gasteiger partial charge on any atom is -0.350 e. The molecule has 6 heteroatoms. The van der Waals surface area contributed by atoms with Crippen molar-refractivity contribution in [2.24, 2.45) is 5.92 Å². The number of amides is 2. The van der Waals surface area contributed by atoms with Gasteiger partial charge in [0, 0.05) is 37.2 Å².